The van der Waals surface area contributed by atoms with Crippen LogP contribution in [0.1, 0.15) is 53.4 Å². The first-order valence-electron chi connectivity index (χ1n) is 12.0. The maximum atomic E-state index is 12.1. The molecule has 2 aliphatic rings. The van der Waals surface area contributed by atoms with Crippen molar-refractivity contribution in [2.75, 3.05) is 33.2 Å². The summed E-state index contributed by atoms with van der Waals surface area (Å²) in [6.45, 7) is 13.1. The molecule has 0 atom stereocenters. The van der Waals surface area contributed by atoms with Crippen LogP contribution in [0.2, 0.25) is 0 Å². The van der Waals surface area contributed by atoms with Crippen LogP contribution in [0.15, 0.2) is 42.5 Å². The summed E-state index contributed by atoms with van der Waals surface area (Å²) >= 11 is 0. The Labute approximate surface area is 203 Å². The van der Waals surface area contributed by atoms with E-state index in [0.717, 1.165) is 51.1 Å². The molecule has 0 aliphatic carbocycles. The lowest BCUT2D eigenvalue weighted by molar-refractivity contribution is 0.0241. The molecular formula is C27H38N4O3. The fourth-order valence-electron chi connectivity index (χ4n) is 4.13. The molecule has 0 aromatic heterocycles. The highest BCUT2D eigenvalue weighted by molar-refractivity contribution is 5.74. The summed E-state index contributed by atoms with van der Waals surface area (Å²) in [5.41, 5.74) is 5.31. The van der Waals surface area contributed by atoms with Crippen LogP contribution in [-0.4, -0.2) is 61.0 Å². The maximum absolute atomic E-state index is 12.1. The van der Waals surface area contributed by atoms with Crippen LogP contribution < -0.4 is 10.6 Å². The normalized spacial score (nSPS) is 15.8. The number of carbonyl (C=O) groups is 2. The Bertz CT molecular complexity index is 947. The highest BCUT2D eigenvalue weighted by Gasteiger charge is 2.28. The van der Waals surface area contributed by atoms with Crippen molar-refractivity contribution in [1.29, 1.82) is 0 Å². The molecular weight excluding hydrogens is 428 g/mol. The van der Waals surface area contributed by atoms with E-state index in [9.17, 15) is 9.59 Å². The van der Waals surface area contributed by atoms with Crippen molar-refractivity contribution in [3.63, 3.8) is 0 Å². The average Bonchev–Trinajstić information content (AvgIpc) is 3.26. The highest BCUT2D eigenvalue weighted by atomic mass is 16.6. The second-order valence-corrected chi connectivity index (χ2v) is 9.81. The van der Waals surface area contributed by atoms with Crippen molar-refractivity contribution in [3.8, 4) is 0 Å². The van der Waals surface area contributed by atoms with Gasteiger partial charge in [0.15, 0.2) is 0 Å². The molecule has 0 unspecified atom stereocenters. The lowest BCUT2D eigenvalue weighted by atomic mass is 10.0. The van der Waals surface area contributed by atoms with E-state index in [4.69, 9.17) is 4.74 Å². The Balaban J connectivity index is 0.000000196. The summed E-state index contributed by atoms with van der Waals surface area (Å²) in [4.78, 5) is 26.8. The third-order valence-electron chi connectivity index (χ3n) is 5.83. The zero-order valence-electron chi connectivity index (χ0n) is 20.9. The van der Waals surface area contributed by atoms with Crippen molar-refractivity contribution in [1.82, 2.24) is 20.4 Å². The van der Waals surface area contributed by atoms with Gasteiger partial charge >= 0.3 is 6.09 Å². The molecule has 34 heavy (non-hydrogen) atoms. The number of carbonyl (C=O) groups excluding carboxylic acids is 2. The van der Waals surface area contributed by atoms with Gasteiger partial charge in [-0.1, -0.05) is 42.5 Å². The lowest BCUT2D eigenvalue weighted by Gasteiger charge is -2.27. The number of nitrogens with zero attached hydrogens (tertiary/aromatic N) is 2. The molecule has 2 heterocycles. The van der Waals surface area contributed by atoms with E-state index in [-0.39, 0.29) is 6.09 Å². The minimum atomic E-state index is -0.445. The van der Waals surface area contributed by atoms with Gasteiger partial charge in [-0.15, -0.1) is 0 Å². The van der Waals surface area contributed by atoms with Gasteiger partial charge in [-0.25, -0.2) is 4.79 Å². The third kappa shape index (κ3) is 7.65. The molecule has 1 amide bonds. The molecule has 0 spiro atoms. The Kier molecular flexibility index (Phi) is 9.21. The zero-order valence-corrected chi connectivity index (χ0v) is 20.9. The predicted molar refractivity (Wildman–Crippen MR) is 135 cm³/mol. The number of fused-ring (bicyclic) bond motifs is 1. The van der Waals surface area contributed by atoms with Gasteiger partial charge in [0, 0.05) is 51.4 Å². The molecule has 2 N–H and O–H groups in total. The standard InChI is InChI=1S/C15H22N2O2.C12H16N2O/c1-15(2,3)19-14(18)17-9-12-7-5-6-11(8-16-4)13(12)10-17;15-10-12-3-1-11(2-4-12)9-14-7-5-13-6-8-14/h5-7,16H,8-10H2,1-4H3;1-4,10,13H,5-9H2. The maximum Gasteiger partial charge on any atom is 0.410 e. The topological polar surface area (TPSA) is 73.9 Å². The van der Waals surface area contributed by atoms with Gasteiger partial charge in [-0.3, -0.25) is 14.6 Å². The quantitative estimate of drug-likeness (QED) is 0.657. The molecule has 0 saturated carbocycles. The van der Waals surface area contributed by atoms with Crippen molar-refractivity contribution in [3.05, 3.63) is 70.3 Å². The minimum absolute atomic E-state index is 0.237. The molecule has 184 valence electrons. The van der Waals surface area contributed by atoms with E-state index < -0.39 is 5.60 Å². The number of hydrogen-bond acceptors (Lipinski definition) is 6. The Morgan fingerprint density at radius 1 is 1.09 bits per heavy atom. The summed E-state index contributed by atoms with van der Waals surface area (Å²) in [5, 5.41) is 6.49. The summed E-state index contributed by atoms with van der Waals surface area (Å²) < 4.78 is 5.42. The molecule has 4 rings (SSSR count). The van der Waals surface area contributed by atoms with Crippen LogP contribution in [0.5, 0.6) is 0 Å². The van der Waals surface area contributed by atoms with Gasteiger partial charge in [-0.05, 0) is 50.1 Å². The van der Waals surface area contributed by atoms with E-state index in [1.807, 2.05) is 58.2 Å². The van der Waals surface area contributed by atoms with Gasteiger partial charge in [0.2, 0.25) is 0 Å². The second kappa shape index (κ2) is 12.1. The number of rotatable bonds is 5. The van der Waals surface area contributed by atoms with Crippen molar-refractivity contribution in [2.45, 2.75) is 52.6 Å². The number of piperazine rings is 1. The summed E-state index contributed by atoms with van der Waals surface area (Å²) in [7, 11) is 1.93. The smallest absolute Gasteiger partial charge is 0.410 e. The molecule has 0 radical (unpaired) electrons. The van der Waals surface area contributed by atoms with Crippen molar-refractivity contribution in [2.24, 2.45) is 0 Å². The number of benzene rings is 2. The zero-order chi connectivity index (χ0) is 24.6. The van der Waals surface area contributed by atoms with E-state index in [1.54, 1.807) is 4.90 Å². The number of hydrogen-bond donors (Lipinski definition) is 2. The lowest BCUT2D eigenvalue weighted by Crippen LogP contribution is -2.42. The third-order valence-corrected chi connectivity index (χ3v) is 5.83. The minimum Gasteiger partial charge on any atom is -0.444 e. The molecule has 1 fully saturated rings. The van der Waals surface area contributed by atoms with Crippen LogP contribution >= 0.6 is 0 Å². The molecule has 7 nitrogen and oxygen atoms in total. The molecule has 1 saturated heterocycles. The Hall–Kier alpha value is -2.74. The molecule has 2 aromatic carbocycles. The molecule has 0 bridgehead atoms. The monoisotopic (exact) mass is 466 g/mol. The highest BCUT2D eigenvalue weighted by Crippen LogP contribution is 2.27. The van der Waals surface area contributed by atoms with Gasteiger partial charge < -0.3 is 15.4 Å². The van der Waals surface area contributed by atoms with E-state index in [0.29, 0.717) is 13.1 Å². The SMILES string of the molecule is CNCc1cccc2c1CN(C(=O)OC(C)(C)C)C2.O=Cc1ccc(CN2CCNCC2)cc1. The van der Waals surface area contributed by atoms with Gasteiger partial charge in [0.1, 0.15) is 11.9 Å². The van der Waals surface area contributed by atoms with Crippen LogP contribution in [0.25, 0.3) is 0 Å². The first-order valence-corrected chi connectivity index (χ1v) is 12.0. The van der Waals surface area contributed by atoms with Crippen LogP contribution in [0.3, 0.4) is 0 Å². The van der Waals surface area contributed by atoms with Crippen LogP contribution in [0.4, 0.5) is 4.79 Å². The second-order valence-electron chi connectivity index (χ2n) is 9.81. The van der Waals surface area contributed by atoms with Gasteiger partial charge in [0.05, 0.1) is 6.54 Å². The van der Waals surface area contributed by atoms with Crippen molar-refractivity contribution >= 4 is 12.4 Å². The number of amides is 1. The summed E-state index contributed by atoms with van der Waals surface area (Å²) in [6.07, 6.45) is 0.647. The van der Waals surface area contributed by atoms with E-state index >= 15 is 0 Å². The molecule has 2 aromatic rings. The fraction of sp³-hybridized carbons (Fsp3) is 0.481. The summed E-state index contributed by atoms with van der Waals surface area (Å²) in [6, 6.07) is 14.1. The van der Waals surface area contributed by atoms with Crippen LogP contribution in [0, 0.1) is 0 Å². The average molecular weight is 467 g/mol. The number of nitrogens with one attached hydrogen (secondary N) is 2. The molecule has 7 heteroatoms. The first-order chi connectivity index (χ1) is 16.3. The van der Waals surface area contributed by atoms with Crippen LogP contribution in [-0.2, 0) is 30.9 Å². The number of aldehydes is 1. The largest absolute Gasteiger partial charge is 0.444 e. The Morgan fingerprint density at radius 3 is 2.41 bits per heavy atom. The molecule has 2 aliphatic heterocycles. The fourth-order valence-corrected chi connectivity index (χ4v) is 4.13. The van der Waals surface area contributed by atoms with Crippen molar-refractivity contribution < 1.29 is 14.3 Å². The van der Waals surface area contributed by atoms with Gasteiger partial charge in [-0.2, -0.15) is 0 Å². The number of ether oxygens (including phenoxy) is 1. The summed E-state index contributed by atoms with van der Waals surface area (Å²) in [5.74, 6) is 0. The first kappa shape index (κ1) is 25.9. The predicted octanol–water partition coefficient (Wildman–Crippen LogP) is 3.56. The van der Waals surface area contributed by atoms with E-state index in [2.05, 4.69) is 27.7 Å². The Morgan fingerprint density at radius 2 is 1.79 bits per heavy atom. The van der Waals surface area contributed by atoms with E-state index in [1.165, 1.54) is 22.3 Å². The van der Waals surface area contributed by atoms with Gasteiger partial charge in [0.25, 0.3) is 0 Å².